The van der Waals surface area contributed by atoms with E-state index in [4.69, 9.17) is 14.2 Å². The largest absolute Gasteiger partial charge is 0.462 e. The van der Waals surface area contributed by atoms with E-state index in [9.17, 15) is 14.4 Å². The topological polar surface area (TPSA) is 78.9 Å². The molecule has 0 aromatic rings. The lowest BCUT2D eigenvalue weighted by Crippen LogP contribution is -2.30. The van der Waals surface area contributed by atoms with E-state index < -0.39 is 12.1 Å². The quantitative estimate of drug-likeness (QED) is 0.0261. The minimum Gasteiger partial charge on any atom is -0.462 e. The Morgan fingerprint density at radius 2 is 0.566 bits per heavy atom. The smallest absolute Gasteiger partial charge is 0.310 e. The van der Waals surface area contributed by atoms with Gasteiger partial charge in [0.1, 0.15) is 13.2 Å². The van der Waals surface area contributed by atoms with E-state index in [1.165, 1.54) is 44.9 Å². The van der Waals surface area contributed by atoms with Crippen molar-refractivity contribution in [2.24, 2.45) is 0 Å². The number of ether oxygens (including phenoxy) is 3. The number of esters is 3. The molecule has 1 unspecified atom stereocenters. The Kier molecular flexibility index (Phi) is 57.6. The highest BCUT2D eigenvalue weighted by molar-refractivity contribution is 5.72. The molecule has 0 aromatic carbocycles. The van der Waals surface area contributed by atoms with Crippen LogP contribution in [-0.2, 0) is 28.6 Å². The highest BCUT2D eigenvalue weighted by Gasteiger charge is 2.19. The first kappa shape index (κ1) is 70.5. The van der Waals surface area contributed by atoms with Gasteiger partial charge in [0.05, 0.1) is 6.42 Å². The molecule has 1 atom stereocenters. The molecule has 0 aliphatic rings. The Morgan fingerprint density at radius 3 is 0.934 bits per heavy atom. The van der Waals surface area contributed by atoms with Gasteiger partial charge in [-0.3, -0.25) is 14.4 Å². The normalized spacial score (nSPS) is 13.5. The van der Waals surface area contributed by atoms with Gasteiger partial charge in [-0.2, -0.15) is 0 Å². The fourth-order valence-electron chi connectivity index (χ4n) is 7.28. The van der Waals surface area contributed by atoms with Crippen molar-refractivity contribution < 1.29 is 28.6 Å². The van der Waals surface area contributed by atoms with Gasteiger partial charge >= 0.3 is 17.9 Å². The van der Waals surface area contributed by atoms with Gasteiger partial charge in [-0.25, -0.2) is 0 Å². The first-order chi connectivity index (χ1) is 37.5. The summed E-state index contributed by atoms with van der Waals surface area (Å²) in [5.41, 5.74) is 0. The third kappa shape index (κ3) is 59.4. The van der Waals surface area contributed by atoms with Crippen LogP contribution in [0, 0.1) is 0 Å². The standard InChI is InChI=1S/C70H106O6/c1-4-7-10-13-16-19-22-25-28-29-30-31-32-33-34-35-36-37-38-39-40-41-43-45-48-51-54-57-60-63-69(72)75-66-67(65-74-68(71)62-59-56-53-50-47-44-27-24-21-18-15-12-9-6-3)76-70(73)64-61-58-55-52-49-46-42-26-23-20-17-14-11-8-5-2/h7-8,10-11,16-17,19-20,24-28,30-31,33-34,36-37,39-40,42-43,45,49,51-52,54,58,61,67H,4-6,9,12-15,18,21-23,29,32,35,38,41,44,46-48,50,53,55-57,59-60,62-66H2,1-3H3/b10-7-,11-8-,19-16-,20-17-,27-24-,28-25-,31-30-,34-33-,37-36-,40-39-,42-26-,45-43-,52-49-,54-51-,61-58-. The fourth-order valence-corrected chi connectivity index (χ4v) is 7.28. The van der Waals surface area contributed by atoms with Crippen LogP contribution in [0.1, 0.15) is 220 Å². The first-order valence-electron chi connectivity index (χ1n) is 29.8. The lowest BCUT2D eigenvalue weighted by molar-refractivity contribution is -0.166. The molecule has 422 valence electrons. The maximum absolute atomic E-state index is 12.8. The average Bonchev–Trinajstić information content (AvgIpc) is 3.42. The predicted octanol–water partition coefficient (Wildman–Crippen LogP) is 20.5. The number of carbonyl (C=O) groups is 3. The van der Waals surface area contributed by atoms with E-state index in [2.05, 4.69) is 191 Å². The van der Waals surface area contributed by atoms with Crippen LogP contribution in [0.15, 0.2) is 182 Å². The van der Waals surface area contributed by atoms with Crippen molar-refractivity contribution in [1.82, 2.24) is 0 Å². The minimum absolute atomic E-state index is 0.0735. The molecule has 0 aliphatic carbocycles. The Morgan fingerprint density at radius 1 is 0.289 bits per heavy atom. The molecule has 0 aromatic heterocycles. The van der Waals surface area contributed by atoms with Crippen LogP contribution in [0.4, 0.5) is 0 Å². The summed E-state index contributed by atoms with van der Waals surface area (Å²) >= 11 is 0. The first-order valence-corrected chi connectivity index (χ1v) is 29.8. The Hall–Kier alpha value is -5.49. The molecular formula is C70H106O6. The number of allylic oxidation sites excluding steroid dienone is 29. The van der Waals surface area contributed by atoms with Crippen LogP contribution < -0.4 is 0 Å². The molecule has 0 fully saturated rings. The van der Waals surface area contributed by atoms with E-state index >= 15 is 0 Å². The van der Waals surface area contributed by atoms with E-state index in [1.54, 1.807) is 6.08 Å². The summed E-state index contributed by atoms with van der Waals surface area (Å²) < 4.78 is 16.7. The molecule has 0 N–H and O–H groups in total. The summed E-state index contributed by atoms with van der Waals surface area (Å²) in [7, 11) is 0. The van der Waals surface area contributed by atoms with Gasteiger partial charge in [0.2, 0.25) is 0 Å². The molecule has 0 heterocycles. The van der Waals surface area contributed by atoms with E-state index in [1.807, 2.05) is 6.08 Å². The van der Waals surface area contributed by atoms with Crippen molar-refractivity contribution in [3.63, 3.8) is 0 Å². The molecular weight excluding hydrogens is 937 g/mol. The molecule has 6 nitrogen and oxygen atoms in total. The molecule has 0 saturated heterocycles. The highest BCUT2D eigenvalue weighted by Crippen LogP contribution is 2.11. The number of hydrogen-bond donors (Lipinski definition) is 0. The highest BCUT2D eigenvalue weighted by atomic mass is 16.6. The van der Waals surface area contributed by atoms with Crippen LogP contribution in [0.5, 0.6) is 0 Å². The molecule has 0 spiro atoms. The van der Waals surface area contributed by atoms with Crippen LogP contribution in [0.2, 0.25) is 0 Å². The number of carbonyl (C=O) groups excluding carboxylic acids is 3. The van der Waals surface area contributed by atoms with E-state index in [0.29, 0.717) is 19.3 Å². The SMILES string of the molecule is CC/C=C\C/C=C\C/C=C\C/C=C\C/C=C\C/C=C\C/C=C\C/C=C\C/C=C\CCCC(=O)OCC(COC(=O)CCCCCCC/C=C\CCCCCCC)OC(=O)C/C=C\C/C=C\C/C=C\C/C=C\C/C=C\CC. The maximum Gasteiger partial charge on any atom is 0.310 e. The maximum atomic E-state index is 12.8. The molecule has 0 amide bonds. The summed E-state index contributed by atoms with van der Waals surface area (Å²) in [5, 5.41) is 0. The van der Waals surface area contributed by atoms with Gasteiger partial charge in [-0.15, -0.1) is 0 Å². The summed E-state index contributed by atoms with van der Waals surface area (Å²) in [6.45, 7) is 6.24. The molecule has 0 radical (unpaired) electrons. The molecule has 76 heavy (non-hydrogen) atoms. The van der Waals surface area contributed by atoms with Crippen LogP contribution in [0.3, 0.4) is 0 Å². The Balaban J connectivity index is 4.55. The summed E-state index contributed by atoms with van der Waals surface area (Å²) in [6.07, 6.45) is 93.5. The van der Waals surface area contributed by atoms with Gasteiger partial charge in [0, 0.05) is 12.8 Å². The van der Waals surface area contributed by atoms with Crippen LogP contribution in [0.25, 0.3) is 0 Å². The second-order valence-electron chi connectivity index (χ2n) is 18.8. The third-order valence-corrected chi connectivity index (χ3v) is 11.7. The predicted molar refractivity (Wildman–Crippen MR) is 329 cm³/mol. The van der Waals surface area contributed by atoms with Gasteiger partial charge < -0.3 is 14.2 Å². The van der Waals surface area contributed by atoms with Gasteiger partial charge in [0.15, 0.2) is 6.10 Å². The zero-order valence-electron chi connectivity index (χ0n) is 48.2. The van der Waals surface area contributed by atoms with Gasteiger partial charge in [0.25, 0.3) is 0 Å². The lowest BCUT2D eigenvalue weighted by atomic mass is 10.1. The van der Waals surface area contributed by atoms with Crippen molar-refractivity contribution in [3.05, 3.63) is 182 Å². The number of unbranched alkanes of at least 4 members (excludes halogenated alkanes) is 11. The molecule has 0 rings (SSSR count). The molecule has 6 heteroatoms. The zero-order chi connectivity index (χ0) is 55.0. The Labute approximate surface area is 465 Å². The summed E-state index contributed by atoms with van der Waals surface area (Å²) in [5.74, 6) is -1.16. The summed E-state index contributed by atoms with van der Waals surface area (Å²) in [4.78, 5) is 38.1. The average molecular weight is 1040 g/mol. The second-order valence-corrected chi connectivity index (χ2v) is 18.8. The molecule has 0 aliphatic heterocycles. The number of hydrogen-bond acceptors (Lipinski definition) is 6. The number of rotatable bonds is 51. The zero-order valence-corrected chi connectivity index (χ0v) is 48.2. The van der Waals surface area contributed by atoms with Gasteiger partial charge in [-0.05, 0) is 135 Å². The van der Waals surface area contributed by atoms with Crippen molar-refractivity contribution >= 4 is 17.9 Å². The van der Waals surface area contributed by atoms with Crippen LogP contribution >= 0.6 is 0 Å². The monoisotopic (exact) mass is 1040 g/mol. The van der Waals surface area contributed by atoms with Crippen molar-refractivity contribution in [2.75, 3.05) is 13.2 Å². The fraction of sp³-hybridized carbons (Fsp3) is 0.529. The van der Waals surface area contributed by atoms with Crippen molar-refractivity contribution in [3.8, 4) is 0 Å². The molecule has 0 saturated carbocycles. The van der Waals surface area contributed by atoms with E-state index in [0.717, 1.165) is 122 Å². The second kappa shape index (κ2) is 62.1. The Bertz CT molecular complexity index is 1820. The third-order valence-electron chi connectivity index (χ3n) is 11.7. The summed E-state index contributed by atoms with van der Waals surface area (Å²) in [6, 6.07) is 0. The van der Waals surface area contributed by atoms with Crippen LogP contribution in [-0.4, -0.2) is 37.2 Å². The van der Waals surface area contributed by atoms with Crippen molar-refractivity contribution in [2.45, 2.75) is 226 Å². The van der Waals surface area contributed by atoms with Gasteiger partial charge in [-0.1, -0.05) is 248 Å². The molecule has 0 bridgehead atoms. The van der Waals surface area contributed by atoms with E-state index in [-0.39, 0.29) is 38.0 Å². The lowest BCUT2D eigenvalue weighted by Gasteiger charge is -2.18. The minimum atomic E-state index is -0.870. The van der Waals surface area contributed by atoms with Crippen molar-refractivity contribution in [1.29, 1.82) is 0 Å².